The Morgan fingerprint density at radius 2 is 2.15 bits per heavy atom. The summed E-state index contributed by atoms with van der Waals surface area (Å²) in [6, 6.07) is 5.09. The van der Waals surface area contributed by atoms with Crippen molar-refractivity contribution in [3.05, 3.63) is 28.8 Å². The third-order valence-electron chi connectivity index (χ3n) is 1.60. The molecule has 0 N–H and O–H groups in total. The van der Waals surface area contributed by atoms with Crippen molar-refractivity contribution in [3.8, 4) is 0 Å². The lowest BCUT2D eigenvalue weighted by molar-refractivity contribution is 0.0989. The fourth-order valence-electron chi connectivity index (χ4n) is 0.956. The summed E-state index contributed by atoms with van der Waals surface area (Å²) >= 11 is 15.6. The Bertz CT molecular complexity index is 316. The molecular formula is C9H8Cl2OS. The lowest BCUT2D eigenvalue weighted by Gasteiger charge is -2.07. The highest BCUT2D eigenvalue weighted by Crippen LogP contribution is 2.25. The van der Waals surface area contributed by atoms with Crippen LogP contribution in [0.1, 0.15) is 17.3 Å². The normalized spacial score (nSPS) is 12.6. The van der Waals surface area contributed by atoms with Crippen LogP contribution >= 0.6 is 35.8 Å². The fraction of sp³-hybridized carbons (Fsp3) is 0.222. The van der Waals surface area contributed by atoms with Gasteiger partial charge in [0.2, 0.25) is 0 Å². The Labute approximate surface area is 92.4 Å². The molecule has 0 saturated heterocycles. The minimum atomic E-state index is -0.578. The molecule has 1 atom stereocenters. The number of halogens is 2. The molecule has 0 amide bonds. The second-order valence-electron chi connectivity index (χ2n) is 2.61. The van der Waals surface area contributed by atoms with E-state index in [2.05, 4.69) is 12.6 Å². The fourth-order valence-corrected chi connectivity index (χ4v) is 1.71. The van der Waals surface area contributed by atoms with Crippen LogP contribution in [0.4, 0.5) is 0 Å². The summed E-state index contributed by atoms with van der Waals surface area (Å²) in [4.78, 5) is 12.1. The molecule has 0 bridgehead atoms. The van der Waals surface area contributed by atoms with Crippen LogP contribution in [0.15, 0.2) is 23.1 Å². The third kappa shape index (κ3) is 2.39. The number of rotatable bonds is 2. The SMILES string of the molecule is CC(Cl)C(=O)c1c(S)cccc1Cl. The van der Waals surface area contributed by atoms with Gasteiger partial charge in [0.05, 0.1) is 16.0 Å². The Hall–Kier alpha value is -0.180. The molecule has 0 saturated carbocycles. The first-order valence-corrected chi connectivity index (χ1v) is 4.96. The summed E-state index contributed by atoms with van der Waals surface area (Å²) in [6.07, 6.45) is 0. The maximum absolute atomic E-state index is 11.5. The van der Waals surface area contributed by atoms with Gasteiger partial charge in [0.1, 0.15) is 0 Å². The first-order chi connectivity index (χ1) is 6.04. The quantitative estimate of drug-likeness (QED) is 0.472. The first-order valence-electron chi connectivity index (χ1n) is 3.69. The number of ketones is 1. The van der Waals surface area contributed by atoms with Crippen molar-refractivity contribution in [2.24, 2.45) is 0 Å². The topological polar surface area (TPSA) is 17.1 Å². The highest BCUT2D eigenvalue weighted by molar-refractivity contribution is 7.80. The number of thiol groups is 1. The van der Waals surface area contributed by atoms with E-state index in [1.807, 2.05) is 0 Å². The van der Waals surface area contributed by atoms with Crippen molar-refractivity contribution >= 4 is 41.6 Å². The van der Waals surface area contributed by atoms with Gasteiger partial charge in [0, 0.05) is 4.90 Å². The average molecular weight is 235 g/mol. The maximum Gasteiger partial charge on any atom is 0.182 e. The summed E-state index contributed by atoms with van der Waals surface area (Å²) in [5.41, 5.74) is 0.398. The summed E-state index contributed by atoms with van der Waals surface area (Å²) in [5, 5.41) is -0.184. The zero-order valence-electron chi connectivity index (χ0n) is 6.92. The lowest BCUT2D eigenvalue weighted by Crippen LogP contribution is -2.11. The first kappa shape index (κ1) is 10.9. The van der Waals surface area contributed by atoms with Crippen LogP contribution in [0, 0.1) is 0 Å². The van der Waals surface area contributed by atoms with Crippen LogP contribution in [-0.2, 0) is 0 Å². The van der Waals surface area contributed by atoms with Crippen molar-refractivity contribution in [3.63, 3.8) is 0 Å². The number of benzene rings is 1. The van der Waals surface area contributed by atoms with Crippen molar-refractivity contribution in [1.29, 1.82) is 0 Å². The number of alkyl halides is 1. The molecular weight excluding hydrogens is 227 g/mol. The number of carbonyl (C=O) groups is 1. The van der Waals surface area contributed by atoms with Crippen molar-refractivity contribution < 1.29 is 4.79 Å². The van der Waals surface area contributed by atoms with Crippen LogP contribution in [0.2, 0.25) is 5.02 Å². The van der Waals surface area contributed by atoms with Crippen molar-refractivity contribution in [2.75, 3.05) is 0 Å². The van der Waals surface area contributed by atoms with Gasteiger partial charge in [-0.1, -0.05) is 17.7 Å². The number of carbonyl (C=O) groups excluding carboxylic acids is 1. The molecule has 4 heteroatoms. The smallest absolute Gasteiger partial charge is 0.182 e. The van der Waals surface area contributed by atoms with Crippen LogP contribution in [-0.4, -0.2) is 11.2 Å². The van der Waals surface area contributed by atoms with Crippen LogP contribution in [0.3, 0.4) is 0 Å². The van der Waals surface area contributed by atoms with Gasteiger partial charge < -0.3 is 0 Å². The molecule has 0 aliphatic rings. The van der Waals surface area contributed by atoms with E-state index in [0.29, 0.717) is 15.5 Å². The standard InChI is InChI=1S/C9H8Cl2OS/c1-5(10)9(12)8-6(11)3-2-4-7(8)13/h2-5,13H,1H3. The minimum Gasteiger partial charge on any atom is -0.292 e. The van der Waals surface area contributed by atoms with Gasteiger partial charge in [-0.3, -0.25) is 4.79 Å². The molecule has 1 nitrogen and oxygen atoms in total. The molecule has 70 valence electrons. The van der Waals surface area contributed by atoms with E-state index in [-0.39, 0.29) is 5.78 Å². The molecule has 1 unspecified atom stereocenters. The molecule has 0 aliphatic heterocycles. The maximum atomic E-state index is 11.5. The lowest BCUT2D eigenvalue weighted by atomic mass is 10.1. The van der Waals surface area contributed by atoms with Gasteiger partial charge in [0.15, 0.2) is 5.78 Å². The van der Waals surface area contributed by atoms with Gasteiger partial charge in [-0.15, -0.1) is 24.2 Å². The highest BCUT2D eigenvalue weighted by Gasteiger charge is 2.17. The molecule has 0 aliphatic carbocycles. The Morgan fingerprint density at radius 1 is 1.54 bits per heavy atom. The van der Waals surface area contributed by atoms with E-state index in [0.717, 1.165) is 0 Å². The van der Waals surface area contributed by atoms with E-state index in [1.54, 1.807) is 25.1 Å². The molecule has 0 heterocycles. The van der Waals surface area contributed by atoms with Crippen LogP contribution in [0.5, 0.6) is 0 Å². The Morgan fingerprint density at radius 3 is 2.62 bits per heavy atom. The van der Waals surface area contributed by atoms with Crippen molar-refractivity contribution in [1.82, 2.24) is 0 Å². The van der Waals surface area contributed by atoms with E-state index in [1.165, 1.54) is 0 Å². The molecule has 0 aromatic heterocycles. The summed E-state index contributed by atoms with van der Waals surface area (Å²) < 4.78 is 0. The number of Topliss-reactive ketones (excluding diaryl/α,β-unsaturated/α-hetero) is 1. The molecule has 0 fully saturated rings. The van der Waals surface area contributed by atoms with E-state index >= 15 is 0 Å². The number of hydrogen-bond acceptors (Lipinski definition) is 2. The third-order valence-corrected chi connectivity index (χ3v) is 2.49. The zero-order valence-corrected chi connectivity index (χ0v) is 9.33. The highest BCUT2D eigenvalue weighted by atomic mass is 35.5. The second-order valence-corrected chi connectivity index (χ2v) is 4.16. The summed E-state index contributed by atoms with van der Waals surface area (Å²) in [5.74, 6) is -0.197. The van der Waals surface area contributed by atoms with Crippen molar-refractivity contribution in [2.45, 2.75) is 17.2 Å². The summed E-state index contributed by atoms with van der Waals surface area (Å²) in [6.45, 7) is 1.61. The van der Waals surface area contributed by atoms with Gasteiger partial charge in [-0.2, -0.15) is 0 Å². The van der Waals surface area contributed by atoms with Gasteiger partial charge >= 0.3 is 0 Å². The molecule has 1 aromatic carbocycles. The van der Waals surface area contributed by atoms with E-state index < -0.39 is 5.38 Å². The van der Waals surface area contributed by atoms with E-state index in [9.17, 15) is 4.79 Å². The van der Waals surface area contributed by atoms with Crippen LogP contribution < -0.4 is 0 Å². The molecule has 0 spiro atoms. The molecule has 1 rings (SSSR count). The summed E-state index contributed by atoms with van der Waals surface area (Å²) in [7, 11) is 0. The predicted octanol–water partition coefficient (Wildman–Crippen LogP) is 3.44. The second kappa shape index (κ2) is 4.36. The molecule has 0 radical (unpaired) electrons. The predicted molar refractivity (Wildman–Crippen MR) is 58.3 cm³/mol. The monoisotopic (exact) mass is 234 g/mol. The van der Waals surface area contributed by atoms with Gasteiger partial charge in [-0.05, 0) is 19.1 Å². The Balaban J connectivity index is 3.20. The number of hydrogen-bond donors (Lipinski definition) is 1. The minimum absolute atomic E-state index is 0.197. The Kier molecular flexibility index (Phi) is 3.65. The van der Waals surface area contributed by atoms with E-state index in [4.69, 9.17) is 23.2 Å². The zero-order chi connectivity index (χ0) is 10.0. The molecule has 13 heavy (non-hydrogen) atoms. The van der Waals surface area contributed by atoms with Gasteiger partial charge in [-0.25, -0.2) is 0 Å². The van der Waals surface area contributed by atoms with Gasteiger partial charge in [0.25, 0.3) is 0 Å². The van der Waals surface area contributed by atoms with Crippen LogP contribution in [0.25, 0.3) is 0 Å². The molecule has 1 aromatic rings. The largest absolute Gasteiger partial charge is 0.292 e. The average Bonchev–Trinajstić information content (AvgIpc) is 2.03.